The molecule has 8 nitrogen and oxygen atoms in total. The number of aromatic hydroxyl groups is 1. The molecule has 5 fully saturated rings. The monoisotopic (exact) mass is 619 g/mol. The van der Waals surface area contributed by atoms with Crippen molar-refractivity contribution in [1.29, 1.82) is 0 Å². The van der Waals surface area contributed by atoms with Crippen LogP contribution in [-0.2, 0) is 6.42 Å². The molecule has 0 spiro atoms. The van der Waals surface area contributed by atoms with Gasteiger partial charge in [0, 0.05) is 43.2 Å². The second-order valence-corrected chi connectivity index (χ2v) is 13.7. The summed E-state index contributed by atoms with van der Waals surface area (Å²) in [6.45, 7) is 4.54. The molecule has 2 atom stereocenters. The molecule has 5 aliphatic rings. The normalized spacial score (nSPS) is 27.7. The molecule has 4 aliphatic heterocycles. The van der Waals surface area contributed by atoms with Crippen LogP contribution in [0.1, 0.15) is 44.6 Å². The van der Waals surface area contributed by atoms with Gasteiger partial charge < -0.3 is 19.8 Å². The number of phenols is 1. The molecule has 0 amide bonds. The van der Waals surface area contributed by atoms with Crippen molar-refractivity contribution in [2.45, 2.75) is 57.2 Å². The Balaban J connectivity index is 1.27. The van der Waals surface area contributed by atoms with Crippen LogP contribution >= 0.6 is 0 Å². The predicted molar refractivity (Wildman–Crippen MR) is 164 cm³/mol. The van der Waals surface area contributed by atoms with E-state index < -0.39 is 23.3 Å². The van der Waals surface area contributed by atoms with Crippen molar-refractivity contribution >= 4 is 27.5 Å². The van der Waals surface area contributed by atoms with Gasteiger partial charge in [0.05, 0.1) is 17.5 Å². The van der Waals surface area contributed by atoms with Crippen molar-refractivity contribution in [1.82, 2.24) is 19.9 Å². The number of anilines is 1. The van der Waals surface area contributed by atoms with E-state index in [0.29, 0.717) is 65.9 Å². The van der Waals surface area contributed by atoms with Crippen molar-refractivity contribution < 1.29 is 28.1 Å². The lowest BCUT2D eigenvalue weighted by Gasteiger charge is -2.56. The maximum atomic E-state index is 16.8. The van der Waals surface area contributed by atoms with E-state index in [2.05, 4.69) is 19.8 Å². The van der Waals surface area contributed by atoms with E-state index in [4.69, 9.17) is 9.72 Å². The number of aliphatic hydroxyl groups is 1. The fourth-order valence-electron chi connectivity index (χ4n) is 8.74. The molecule has 4 saturated heterocycles. The molecule has 45 heavy (non-hydrogen) atoms. The Morgan fingerprint density at radius 1 is 1.11 bits per heavy atom. The van der Waals surface area contributed by atoms with Gasteiger partial charge in [-0.1, -0.05) is 13.0 Å². The molecular weight excluding hydrogens is 583 g/mol. The molecule has 11 heteroatoms. The van der Waals surface area contributed by atoms with Gasteiger partial charge in [-0.2, -0.15) is 9.97 Å². The first-order chi connectivity index (χ1) is 21.7. The maximum Gasteiger partial charge on any atom is 0.319 e. The van der Waals surface area contributed by atoms with E-state index in [-0.39, 0.29) is 47.2 Å². The van der Waals surface area contributed by atoms with E-state index in [9.17, 15) is 19.0 Å². The zero-order valence-electron chi connectivity index (χ0n) is 25.2. The van der Waals surface area contributed by atoms with Crippen LogP contribution in [-0.4, -0.2) is 81.2 Å². The number of benzene rings is 2. The highest BCUT2D eigenvalue weighted by Gasteiger charge is 2.51. The zero-order valence-corrected chi connectivity index (χ0v) is 25.2. The maximum absolute atomic E-state index is 16.8. The number of hydrogen-bond donors (Lipinski definition) is 2. The summed E-state index contributed by atoms with van der Waals surface area (Å²) in [7, 11) is 0. The van der Waals surface area contributed by atoms with E-state index in [1.165, 1.54) is 24.4 Å². The Labute approximate surface area is 258 Å². The molecule has 1 saturated carbocycles. The van der Waals surface area contributed by atoms with Crippen molar-refractivity contribution in [3.05, 3.63) is 47.7 Å². The lowest BCUT2D eigenvalue weighted by atomic mass is 9.59. The number of alkyl halides is 1. The van der Waals surface area contributed by atoms with Crippen LogP contribution in [0.15, 0.2) is 30.5 Å². The first-order valence-corrected chi connectivity index (χ1v) is 15.9. The molecule has 0 radical (unpaired) electrons. The van der Waals surface area contributed by atoms with Gasteiger partial charge in [-0.15, -0.1) is 0 Å². The second-order valence-electron chi connectivity index (χ2n) is 13.7. The van der Waals surface area contributed by atoms with Gasteiger partial charge in [0.25, 0.3) is 0 Å². The number of pyridine rings is 1. The van der Waals surface area contributed by atoms with Crippen LogP contribution in [0, 0.1) is 23.0 Å². The minimum Gasteiger partial charge on any atom is -0.508 e. The highest BCUT2D eigenvalue weighted by Crippen LogP contribution is 2.51. The summed E-state index contributed by atoms with van der Waals surface area (Å²) >= 11 is 0. The van der Waals surface area contributed by atoms with E-state index in [1.807, 2.05) is 6.92 Å². The van der Waals surface area contributed by atoms with E-state index in [0.717, 1.165) is 32.2 Å². The molecule has 4 aromatic rings. The minimum absolute atomic E-state index is 0.00110. The van der Waals surface area contributed by atoms with Crippen molar-refractivity contribution in [2.24, 2.45) is 11.3 Å². The summed E-state index contributed by atoms with van der Waals surface area (Å²) in [6, 6.07) is 5.84. The van der Waals surface area contributed by atoms with E-state index >= 15 is 4.39 Å². The van der Waals surface area contributed by atoms with Crippen molar-refractivity contribution in [2.75, 3.05) is 44.3 Å². The first-order valence-electron chi connectivity index (χ1n) is 15.9. The summed E-state index contributed by atoms with van der Waals surface area (Å²) in [5.74, 6) is -0.368. The first kappa shape index (κ1) is 28.8. The number of piperidine rings is 2. The standard InChI is InChI=1S/C34H36F3N5O3/c1-2-23-26(36)5-4-20-8-22(44)9-24(27(20)23)29-28(37)30-25(13-38-29)31(41-14-19-10-33(11-19,16-41)17-43)40-32(39-30)45-18-34-6-3-7-42(34)15-21(35)12-34/h4-5,8-9,13,19,21,43-44H,2-3,6-7,10-12,14-18H2,1H3/t19?,21-,33?,34+/m1/s1. The van der Waals surface area contributed by atoms with Gasteiger partial charge in [0.15, 0.2) is 5.82 Å². The fourth-order valence-corrected chi connectivity index (χ4v) is 8.74. The van der Waals surface area contributed by atoms with Gasteiger partial charge in [-0.3, -0.25) is 9.88 Å². The molecular formula is C34H36F3N5O3. The Bertz CT molecular complexity index is 1830. The zero-order chi connectivity index (χ0) is 31.1. The third-order valence-electron chi connectivity index (χ3n) is 10.7. The Morgan fingerprint density at radius 2 is 1.96 bits per heavy atom. The van der Waals surface area contributed by atoms with Gasteiger partial charge >= 0.3 is 6.01 Å². The molecule has 6 heterocycles. The lowest BCUT2D eigenvalue weighted by Crippen LogP contribution is -2.58. The minimum atomic E-state index is -0.919. The number of aromatic nitrogens is 3. The molecule has 236 valence electrons. The van der Waals surface area contributed by atoms with Crippen LogP contribution in [0.25, 0.3) is 32.9 Å². The highest BCUT2D eigenvalue weighted by molar-refractivity contribution is 6.01. The predicted octanol–water partition coefficient (Wildman–Crippen LogP) is 5.56. The van der Waals surface area contributed by atoms with Crippen LogP contribution < -0.4 is 9.64 Å². The smallest absolute Gasteiger partial charge is 0.319 e. The average molecular weight is 620 g/mol. The lowest BCUT2D eigenvalue weighted by molar-refractivity contribution is -0.0207. The molecule has 2 aromatic heterocycles. The summed E-state index contributed by atoms with van der Waals surface area (Å²) in [6.07, 6.45) is 4.99. The summed E-state index contributed by atoms with van der Waals surface area (Å²) in [5.41, 5.74) is -0.0573. The number of hydrogen-bond acceptors (Lipinski definition) is 8. The summed E-state index contributed by atoms with van der Waals surface area (Å²) in [4.78, 5) is 18.1. The number of aliphatic hydroxyl groups excluding tert-OH is 1. The Hall–Kier alpha value is -3.70. The summed E-state index contributed by atoms with van der Waals surface area (Å²) < 4.78 is 52.4. The third-order valence-corrected chi connectivity index (χ3v) is 10.7. The number of fused-ring (bicyclic) bond motifs is 5. The Morgan fingerprint density at radius 3 is 2.76 bits per heavy atom. The topological polar surface area (TPSA) is 94.8 Å². The SMILES string of the molecule is CCc1c(F)ccc2cc(O)cc(-c3ncc4c(N5CC6CC(CO)(C6)C5)nc(OC[C@@]56CCCN5C[C@H](F)C6)nc4c3F)c12. The van der Waals surface area contributed by atoms with Gasteiger partial charge in [-0.05, 0) is 79.1 Å². The molecule has 2 aromatic carbocycles. The molecule has 2 N–H and O–H groups in total. The largest absolute Gasteiger partial charge is 0.508 e. The number of phenolic OH excluding ortho intramolecular Hbond substituents is 1. The highest BCUT2D eigenvalue weighted by atomic mass is 19.1. The number of rotatable bonds is 7. The summed E-state index contributed by atoms with van der Waals surface area (Å²) in [5, 5.41) is 22.2. The van der Waals surface area contributed by atoms with Gasteiger partial charge in [-0.25, -0.2) is 13.2 Å². The molecule has 9 rings (SSSR count). The van der Waals surface area contributed by atoms with Gasteiger partial charge in [0.1, 0.15) is 41.4 Å². The van der Waals surface area contributed by atoms with Crippen LogP contribution in [0.2, 0.25) is 0 Å². The molecule has 2 bridgehead atoms. The molecule has 1 aliphatic carbocycles. The number of ether oxygens (including phenoxy) is 1. The van der Waals surface area contributed by atoms with Crippen LogP contribution in [0.5, 0.6) is 11.8 Å². The van der Waals surface area contributed by atoms with Gasteiger partial charge in [0.2, 0.25) is 0 Å². The Kier molecular flexibility index (Phi) is 6.66. The fraction of sp³-hybridized carbons (Fsp3) is 0.500. The molecule has 0 unspecified atom stereocenters. The van der Waals surface area contributed by atoms with E-state index in [1.54, 1.807) is 6.07 Å². The van der Waals surface area contributed by atoms with Crippen molar-refractivity contribution in [3.63, 3.8) is 0 Å². The van der Waals surface area contributed by atoms with Crippen molar-refractivity contribution in [3.8, 4) is 23.0 Å². The average Bonchev–Trinajstić information content (AvgIpc) is 3.55. The number of nitrogens with zero attached hydrogens (tertiary/aromatic N) is 5. The van der Waals surface area contributed by atoms with Crippen LogP contribution in [0.3, 0.4) is 0 Å². The van der Waals surface area contributed by atoms with Crippen LogP contribution in [0.4, 0.5) is 19.0 Å². The number of halogens is 3. The quantitative estimate of drug-likeness (QED) is 0.278. The number of aryl methyl sites for hydroxylation is 1. The second kappa shape index (κ2) is 10.4. The third kappa shape index (κ3) is 4.52.